The Balaban J connectivity index is 2.20. The first-order valence-corrected chi connectivity index (χ1v) is 6.41. The Hall–Kier alpha value is -1.39. The fourth-order valence-corrected chi connectivity index (χ4v) is 1.45. The van der Waals surface area contributed by atoms with E-state index < -0.39 is 17.7 Å². The van der Waals surface area contributed by atoms with Gasteiger partial charge in [-0.3, -0.25) is 0 Å². The average Bonchev–Trinajstić information content (AvgIpc) is 2.33. The van der Waals surface area contributed by atoms with Crippen LogP contribution >= 0.6 is 0 Å². The summed E-state index contributed by atoms with van der Waals surface area (Å²) in [5, 5.41) is 9.62. The number of ether oxygens (including phenoxy) is 2. The molecule has 106 valence electrons. The third-order valence-corrected chi connectivity index (χ3v) is 2.33. The van der Waals surface area contributed by atoms with Crippen molar-refractivity contribution in [3.05, 3.63) is 35.9 Å². The minimum atomic E-state index is -1.13. The van der Waals surface area contributed by atoms with Crippen molar-refractivity contribution in [2.75, 3.05) is 6.61 Å². The molecule has 0 unspecified atom stereocenters. The zero-order chi connectivity index (χ0) is 14.3. The van der Waals surface area contributed by atoms with Crippen molar-refractivity contribution in [1.29, 1.82) is 0 Å². The van der Waals surface area contributed by atoms with E-state index in [9.17, 15) is 9.90 Å². The zero-order valence-electron chi connectivity index (χ0n) is 11.8. The first kappa shape index (κ1) is 15.7. The Labute approximate surface area is 114 Å². The molecule has 1 rings (SSSR count). The van der Waals surface area contributed by atoms with Gasteiger partial charge in [0.1, 0.15) is 5.60 Å². The predicted octanol–water partition coefficient (Wildman–Crippen LogP) is 2.30. The number of benzene rings is 1. The van der Waals surface area contributed by atoms with Crippen LogP contribution in [-0.4, -0.2) is 29.4 Å². The monoisotopic (exact) mass is 266 g/mol. The Kier molecular flexibility index (Phi) is 5.99. The third-order valence-electron chi connectivity index (χ3n) is 2.33. The molecule has 0 aliphatic heterocycles. The molecule has 0 bridgehead atoms. The van der Waals surface area contributed by atoms with Gasteiger partial charge in [-0.2, -0.15) is 0 Å². The van der Waals surface area contributed by atoms with Crippen LogP contribution in [0, 0.1) is 0 Å². The fourth-order valence-electron chi connectivity index (χ4n) is 1.45. The lowest BCUT2D eigenvalue weighted by atomic mass is 10.2. The summed E-state index contributed by atoms with van der Waals surface area (Å²) in [6.07, 6.45) is -0.892. The molecule has 1 N–H and O–H groups in total. The van der Waals surface area contributed by atoms with Gasteiger partial charge in [0, 0.05) is 6.42 Å². The van der Waals surface area contributed by atoms with E-state index in [1.807, 2.05) is 30.3 Å². The molecule has 4 heteroatoms. The standard InChI is InChI=1S/C15H22O4/c1-15(2,3)19-14(17)13(16)9-10-18-11-12-7-5-4-6-8-12/h4-8,13,16H,9-11H2,1-3H3/t13-/m1/s1. The first-order valence-electron chi connectivity index (χ1n) is 6.41. The van der Waals surface area contributed by atoms with Crippen molar-refractivity contribution < 1.29 is 19.4 Å². The number of esters is 1. The van der Waals surface area contributed by atoms with E-state index >= 15 is 0 Å². The maximum absolute atomic E-state index is 11.5. The van der Waals surface area contributed by atoms with Gasteiger partial charge in [0.25, 0.3) is 0 Å². The molecule has 0 fully saturated rings. The van der Waals surface area contributed by atoms with Crippen molar-refractivity contribution in [2.45, 2.75) is 45.5 Å². The van der Waals surface area contributed by atoms with Gasteiger partial charge in [0.2, 0.25) is 0 Å². The minimum Gasteiger partial charge on any atom is -0.458 e. The third kappa shape index (κ3) is 6.94. The number of hydrogen-bond donors (Lipinski definition) is 1. The predicted molar refractivity (Wildman–Crippen MR) is 72.6 cm³/mol. The van der Waals surface area contributed by atoms with Crippen LogP contribution in [0.3, 0.4) is 0 Å². The minimum absolute atomic E-state index is 0.238. The second-order valence-corrected chi connectivity index (χ2v) is 5.38. The van der Waals surface area contributed by atoms with Crippen LogP contribution in [0.5, 0.6) is 0 Å². The lowest BCUT2D eigenvalue weighted by Crippen LogP contribution is -2.32. The van der Waals surface area contributed by atoms with Crippen LogP contribution in [-0.2, 0) is 20.9 Å². The van der Waals surface area contributed by atoms with Crippen LogP contribution in [0.1, 0.15) is 32.8 Å². The fraction of sp³-hybridized carbons (Fsp3) is 0.533. The van der Waals surface area contributed by atoms with Crippen LogP contribution in [0.15, 0.2) is 30.3 Å². The van der Waals surface area contributed by atoms with Gasteiger partial charge in [0.15, 0.2) is 6.10 Å². The molecule has 0 aliphatic rings. The first-order chi connectivity index (χ1) is 8.88. The summed E-state index contributed by atoms with van der Waals surface area (Å²) < 4.78 is 10.5. The van der Waals surface area contributed by atoms with Gasteiger partial charge in [0.05, 0.1) is 13.2 Å². The van der Waals surface area contributed by atoms with E-state index in [4.69, 9.17) is 9.47 Å². The quantitative estimate of drug-likeness (QED) is 0.634. The topological polar surface area (TPSA) is 55.8 Å². The second kappa shape index (κ2) is 7.26. The number of rotatable bonds is 6. The van der Waals surface area contributed by atoms with Crippen molar-refractivity contribution >= 4 is 5.97 Å². The highest BCUT2D eigenvalue weighted by Gasteiger charge is 2.22. The number of aliphatic hydroxyl groups is 1. The van der Waals surface area contributed by atoms with Gasteiger partial charge in [-0.15, -0.1) is 0 Å². The summed E-state index contributed by atoms with van der Waals surface area (Å²) in [6, 6.07) is 9.74. The van der Waals surface area contributed by atoms with Crippen molar-refractivity contribution in [3.63, 3.8) is 0 Å². The number of carbonyl (C=O) groups is 1. The lowest BCUT2D eigenvalue weighted by molar-refractivity contribution is -0.166. The van der Waals surface area contributed by atoms with Crippen LogP contribution in [0.4, 0.5) is 0 Å². The van der Waals surface area contributed by atoms with E-state index in [-0.39, 0.29) is 6.42 Å². The van der Waals surface area contributed by atoms with Gasteiger partial charge >= 0.3 is 5.97 Å². The number of carbonyl (C=O) groups excluding carboxylic acids is 1. The average molecular weight is 266 g/mol. The van der Waals surface area contributed by atoms with E-state index in [0.717, 1.165) is 5.56 Å². The highest BCUT2D eigenvalue weighted by Crippen LogP contribution is 2.10. The molecule has 0 amide bonds. The van der Waals surface area contributed by atoms with Gasteiger partial charge in [-0.1, -0.05) is 30.3 Å². The molecule has 0 aromatic heterocycles. The zero-order valence-corrected chi connectivity index (χ0v) is 11.8. The summed E-state index contributed by atoms with van der Waals surface area (Å²) in [7, 11) is 0. The summed E-state index contributed by atoms with van der Waals surface area (Å²) in [4.78, 5) is 11.5. The molecule has 0 saturated heterocycles. The second-order valence-electron chi connectivity index (χ2n) is 5.38. The van der Waals surface area contributed by atoms with Gasteiger partial charge in [-0.25, -0.2) is 4.79 Å². The van der Waals surface area contributed by atoms with Crippen LogP contribution < -0.4 is 0 Å². The molecule has 4 nitrogen and oxygen atoms in total. The molecular weight excluding hydrogens is 244 g/mol. The molecule has 0 radical (unpaired) electrons. The van der Waals surface area contributed by atoms with Crippen molar-refractivity contribution in [1.82, 2.24) is 0 Å². The Bertz CT molecular complexity index is 381. The van der Waals surface area contributed by atoms with Crippen LogP contribution in [0.2, 0.25) is 0 Å². The van der Waals surface area contributed by atoms with E-state index in [0.29, 0.717) is 13.2 Å². The van der Waals surface area contributed by atoms with Crippen molar-refractivity contribution in [2.24, 2.45) is 0 Å². The lowest BCUT2D eigenvalue weighted by Gasteiger charge is -2.21. The molecule has 0 saturated carbocycles. The van der Waals surface area contributed by atoms with Gasteiger partial charge in [-0.05, 0) is 26.3 Å². The molecule has 1 aromatic rings. The van der Waals surface area contributed by atoms with E-state index in [2.05, 4.69) is 0 Å². The van der Waals surface area contributed by atoms with Crippen molar-refractivity contribution in [3.8, 4) is 0 Å². The van der Waals surface area contributed by atoms with Gasteiger partial charge < -0.3 is 14.6 Å². The smallest absolute Gasteiger partial charge is 0.335 e. The SMILES string of the molecule is CC(C)(C)OC(=O)[C@H](O)CCOCc1ccccc1. The molecule has 19 heavy (non-hydrogen) atoms. The summed E-state index contributed by atoms with van der Waals surface area (Å²) in [6.45, 7) is 6.09. The normalized spacial score (nSPS) is 13.1. The largest absolute Gasteiger partial charge is 0.458 e. The van der Waals surface area contributed by atoms with E-state index in [1.54, 1.807) is 20.8 Å². The Morgan fingerprint density at radius 2 is 1.89 bits per heavy atom. The number of hydrogen-bond acceptors (Lipinski definition) is 4. The molecule has 1 atom stereocenters. The Morgan fingerprint density at radius 3 is 2.47 bits per heavy atom. The maximum Gasteiger partial charge on any atom is 0.335 e. The highest BCUT2D eigenvalue weighted by molar-refractivity contribution is 5.74. The maximum atomic E-state index is 11.5. The summed E-state index contributed by atoms with van der Waals surface area (Å²) >= 11 is 0. The summed E-state index contributed by atoms with van der Waals surface area (Å²) in [5.41, 5.74) is 0.484. The number of aliphatic hydroxyl groups excluding tert-OH is 1. The molecule has 0 aliphatic carbocycles. The molecule has 1 aromatic carbocycles. The Morgan fingerprint density at radius 1 is 1.26 bits per heavy atom. The van der Waals surface area contributed by atoms with E-state index in [1.165, 1.54) is 0 Å². The highest BCUT2D eigenvalue weighted by atomic mass is 16.6. The molecular formula is C15H22O4. The molecule has 0 spiro atoms. The molecule has 0 heterocycles. The van der Waals surface area contributed by atoms with Crippen LogP contribution in [0.25, 0.3) is 0 Å². The summed E-state index contributed by atoms with van der Waals surface area (Å²) in [5.74, 6) is -0.601.